The highest BCUT2D eigenvalue weighted by Gasteiger charge is 2.09. The second kappa shape index (κ2) is 6.39. The lowest BCUT2D eigenvalue weighted by molar-refractivity contribution is -0.383. The Bertz CT molecular complexity index is 483. The standard InChI is InChI=1S/C12H14N2O4/c1-2-18-12(15)5-3-4-9-6-7-11(14(16)17)10(13)8-9/h3-4,6-8H,2,5,13H2,1H3. The van der Waals surface area contributed by atoms with Crippen molar-refractivity contribution in [3.63, 3.8) is 0 Å². The van der Waals surface area contributed by atoms with Crippen molar-refractivity contribution in [1.82, 2.24) is 0 Å². The highest BCUT2D eigenvalue weighted by atomic mass is 16.6. The van der Waals surface area contributed by atoms with Crippen molar-refractivity contribution in [2.45, 2.75) is 13.3 Å². The molecule has 0 spiro atoms. The maximum Gasteiger partial charge on any atom is 0.309 e. The zero-order valence-electron chi connectivity index (χ0n) is 9.96. The molecule has 0 heterocycles. The number of hydrogen-bond acceptors (Lipinski definition) is 5. The van der Waals surface area contributed by atoms with Gasteiger partial charge in [0.25, 0.3) is 5.69 Å². The summed E-state index contributed by atoms with van der Waals surface area (Å²) < 4.78 is 4.75. The van der Waals surface area contributed by atoms with Crippen LogP contribution < -0.4 is 5.73 Å². The van der Waals surface area contributed by atoms with Crippen molar-refractivity contribution in [2.75, 3.05) is 12.3 Å². The molecule has 6 nitrogen and oxygen atoms in total. The number of benzene rings is 1. The number of nitro benzene ring substituents is 1. The molecule has 2 N–H and O–H groups in total. The summed E-state index contributed by atoms with van der Waals surface area (Å²) in [4.78, 5) is 21.1. The number of hydrogen-bond donors (Lipinski definition) is 1. The fraction of sp³-hybridized carbons (Fsp3) is 0.250. The van der Waals surface area contributed by atoms with Crippen LogP contribution in [-0.4, -0.2) is 17.5 Å². The first kappa shape index (κ1) is 13.7. The molecule has 1 aromatic carbocycles. The SMILES string of the molecule is CCOC(=O)CC=Cc1ccc([N+](=O)[O-])c(N)c1. The number of carbonyl (C=O) groups excluding carboxylic acids is 1. The van der Waals surface area contributed by atoms with Crippen molar-refractivity contribution >= 4 is 23.4 Å². The van der Waals surface area contributed by atoms with E-state index in [0.29, 0.717) is 12.2 Å². The van der Waals surface area contributed by atoms with Crippen molar-refractivity contribution in [3.8, 4) is 0 Å². The Labute approximate surface area is 104 Å². The summed E-state index contributed by atoms with van der Waals surface area (Å²) in [5, 5.41) is 10.6. The van der Waals surface area contributed by atoms with Crippen LogP contribution in [-0.2, 0) is 9.53 Å². The maximum atomic E-state index is 11.1. The Kier molecular flexibility index (Phi) is 4.86. The molecule has 0 fully saturated rings. The zero-order valence-corrected chi connectivity index (χ0v) is 9.96. The maximum absolute atomic E-state index is 11.1. The van der Waals surface area contributed by atoms with Gasteiger partial charge in [0.15, 0.2) is 0 Å². The average Bonchev–Trinajstić information content (AvgIpc) is 2.29. The molecular weight excluding hydrogens is 236 g/mol. The minimum Gasteiger partial charge on any atom is -0.466 e. The van der Waals surface area contributed by atoms with E-state index in [1.165, 1.54) is 12.1 Å². The van der Waals surface area contributed by atoms with E-state index in [9.17, 15) is 14.9 Å². The molecule has 0 saturated carbocycles. The van der Waals surface area contributed by atoms with Gasteiger partial charge in [-0.3, -0.25) is 14.9 Å². The predicted molar refractivity (Wildman–Crippen MR) is 67.8 cm³/mol. The van der Waals surface area contributed by atoms with Gasteiger partial charge in [-0.2, -0.15) is 0 Å². The number of nitrogens with two attached hydrogens (primary N) is 1. The van der Waals surface area contributed by atoms with Crippen molar-refractivity contribution in [3.05, 3.63) is 40.0 Å². The number of esters is 1. The fourth-order valence-electron chi connectivity index (χ4n) is 1.35. The van der Waals surface area contributed by atoms with E-state index in [1.807, 2.05) is 0 Å². The zero-order chi connectivity index (χ0) is 13.5. The Morgan fingerprint density at radius 1 is 1.56 bits per heavy atom. The van der Waals surface area contributed by atoms with E-state index in [4.69, 9.17) is 10.5 Å². The molecule has 1 rings (SSSR count). The van der Waals surface area contributed by atoms with Crippen molar-refractivity contribution < 1.29 is 14.5 Å². The number of nitro groups is 1. The van der Waals surface area contributed by atoms with Crippen LogP contribution in [0.15, 0.2) is 24.3 Å². The number of ether oxygens (including phenoxy) is 1. The summed E-state index contributed by atoms with van der Waals surface area (Å²) >= 11 is 0. The second-order valence-electron chi connectivity index (χ2n) is 3.49. The molecule has 1 aromatic rings. The normalized spacial score (nSPS) is 10.5. The molecule has 0 aliphatic rings. The Morgan fingerprint density at radius 2 is 2.28 bits per heavy atom. The summed E-state index contributed by atoms with van der Waals surface area (Å²) in [5.74, 6) is -0.316. The summed E-state index contributed by atoms with van der Waals surface area (Å²) in [7, 11) is 0. The Morgan fingerprint density at radius 3 is 2.83 bits per heavy atom. The molecule has 0 radical (unpaired) electrons. The minimum atomic E-state index is -0.540. The number of nitrogens with zero attached hydrogens (tertiary/aromatic N) is 1. The van der Waals surface area contributed by atoms with Crippen molar-refractivity contribution in [2.24, 2.45) is 0 Å². The molecule has 0 aliphatic carbocycles. The average molecular weight is 250 g/mol. The molecule has 0 amide bonds. The number of carbonyl (C=O) groups is 1. The second-order valence-corrected chi connectivity index (χ2v) is 3.49. The van der Waals surface area contributed by atoms with Gasteiger partial charge in [0.2, 0.25) is 0 Å². The van der Waals surface area contributed by atoms with Gasteiger partial charge in [-0.25, -0.2) is 0 Å². The van der Waals surface area contributed by atoms with Gasteiger partial charge in [0.1, 0.15) is 5.69 Å². The van der Waals surface area contributed by atoms with E-state index in [0.717, 1.165) is 0 Å². The quantitative estimate of drug-likeness (QED) is 0.374. The molecule has 0 aromatic heterocycles. The van der Waals surface area contributed by atoms with Gasteiger partial charge in [-0.15, -0.1) is 0 Å². The fourth-order valence-corrected chi connectivity index (χ4v) is 1.35. The van der Waals surface area contributed by atoms with Crippen LogP contribution in [0.5, 0.6) is 0 Å². The number of nitrogen functional groups attached to an aromatic ring is 1. The lowest BCUT2D eigenvalue weighted by atomic mass is 10.1. The third-order valence-electron chi connectivity index (χ3n) is 2.15. The first-order valence-electron chi connectivity index (χ1n) is 5.40. The molecule has 0 aliphatic heterocycles. The summed E-state index contributed by atoms with van der Waals surface area (Å²) in [6, 6.07) is 4.38. The topological polar surface area (TPSA) is 95.5 Å². The van der Waals surface area contributed by atoms with Gasteiger partial charge in [0, 0.05) is 6.07 Å². The Balaban J connectivity index is 2.69. The lowest BCUT2D eigenvalue weighted by Gasteiger charge is -1.99. The lowest BCUT2D eigenvalue weighted by Crippen LogP contribution is -2.01. The Hall–Kier alpha value is -2.37. The largest absolute Gasteiger partial charge is 0.466 e. The highest BCUT2D eigenvalue weighted by molar-refractivity contribution is 5.73. The predicted octanol–water partition coefficient (Wildman–Crippen LogP) is 2.14. The van der Waals surface area contributed by atoms with Gasteiger partial charge in [0.05, 0.1) is 18.0 Å². The molecule has 18 heavy (non-hydrogen) atoms. The van der Waals surface area contributed by atoms with Crippen molar-refractivity contribution in [1.29, 1.82) is 0 Å². The van der Waals surface area contributed by atoms with Gasteiger partial charge >= 0.3 is 5.97 Å². The van der Waals surface area contributed by atoms with Crippen LogP contribution in [0.4, 0.5) is 11.4 Å². The highest BCUT2D eigenvalue weighted by Crippen LogP contribution is 2.22. The molecule has 96 valence electrons. The molecule has 0 saturated heterocycles. The van der Waals surface area contributed by atoms with E-state index in [1.54, 1.807) is 25.1 Å². The van der Waals surface area contributed by atoms with Crippen LogP contribution >= 0.6 is 0 Å². The molecule has 0 unspecified atom stereocenters. The first-order chi connectivity index (χ1) is 8.54. The molecule has 0 atom stereocenters. The van der Waals surface area contributed by atoms with Crippen LogP contribution in [0.1, 0.15) is 18.9 Å². The molecule has 6 heteroatoms. The summed E-state index contributed by atoms with van der Waals surface area (Å²) in [5.41, 5.74) is 6.20. The van der Waals surface area contributed by atoms with E-state index < -0.39 is 4.92 Å². The van der Waals surface area contributed by atoms with E-state index in [-0.39, 0.29) is 23.8 Å². The molecular formula is C12H14N2O4. The third kappa shape index (κ3) is 3.89. The van der Waals surface area contributed by atoms with Crippen LogP contribution in [0.25, 0.3) is 6.08 Å². The smallest absolute Gasteiger partial charge is 0.309 e. The number of rotatable bonds is 5. The molecule has 0 bridgehead atoms. The van der Waals surface area contributed by atoms with Gasteiger partial charge < -0.3 is 10.5 Å². The summed E-state index contributed by atoms with van der Waals surface area (Å²) in [6.07, 6.45) is 3.44. The van der Waals surface area contributed by atoms with Crippen LogP contribution in [0.3, 0.4) is 0 Å². The number of anilines is 1. The van der Waals surface area contributed by atoms with Gasteiger partial charge in [-0.05, 0) is 24.6 Å². The van der Waals surface area contributed by atoms with Gasteiger partial charge in [-0.1, -0.05) is 12.2 Å². The minimum absolute atomic E-state index is 0.0956. The first-order valence-corrected chi connectivity index (χ1v) is 5.40. The third-order valence-corrected chi connectivity index (χ3v) is 2.15. The monoisotopic (exact) mass is 250 g/mol. The van der Waals surface area contributed by atoms with E-state index >= 15 is 0 Å². The van der Waals surface area contributed by atoms with Crippen LogP contribution in [0, 0.1) is 10.1 Å². The van der Waals surface area contributed by atoms with E-state index in [2.05, 4.69) is 0 Å². The van der Waals surface area contributed by atoms with Crippen LogP contribution in [0.2, 0.25) is 0 Å². The summed E-state index contributed by atoms with van der Waals surface area (Å²) in [6.45, 7) is 2.08.